The number of thioether (sulfide) groups is 1. The van der Waals surface area contributed by atoms with Gasteiger partial charge in [0.2, 0.25) is 5.88 Å². The van der Waals surface area contributed by atoms with Crippen LogP contribution in [0.2, 0.25) is 0 Å². The molecule has 0 bridgehead atoms. The molecule has 0 spiro atoms. The van der Waals surface area contributed by atoms with Crippen LogP contribution in [0.15, 0.2) is 52.3 Å². The van der Waals surface area contributed by atoms with Crippen LogP contribution >= 0.6 is 24.0 Å². The van der Waals surface area contributed by atoms with Gasteiger partial charge in [-0.15, -0.1) is 0 Å². The molecule has 1 unspecified atom stereocenters. The van der Waals surface area contributed by atoms with Crippen LogP contribution < -0.4 is 10.3 Å². The second-order valence-corrected chi connectivity index (χ2v) is 10.8. The number of ether oxygens (including phenoxy) is 1. The van der Waals surface area contributed by atoms with Crippen LogP contribution in [0.3, 0.4) is 0 Å². The van der Waals surface area contributed by atoms with Gasteiger partial charge < -0.3 is 4.74 Å². The molecule has 4 rings (SSSR count). The average Bonchev–Trinajstić information content (AvgIpc) is 3.11. The fourth-order valence-electron chi connectivity index (χ4n) is 4.25. The van der Waals surface area contributed by atoms with Gasteiger partial charge >= 0.3 is 0 Å². The Morgan fingerprint density at radius 1 is 1.17 bits per heavy atom. The van der Waals surface area contributed by atoms with Crippen LogP contribution in [0, 0.1) is 19.8 Å². The fourth-order valence-corrected chi connectivity index (χ4v) is 5.50. The molecule has 3 aromatic rings. The van der Waals surface area contributed by atoms with Crippen LogP contribution in [0.4, 0.5) is 0 Å². The standard InChI is InChI=1S/C28H31N3O3S2/c1-5-7-12-20(6-2)17-31-27(33)23(36-28(31)35)16-22-25(34-21-13-8-10-18(3)15-21)29-24-19(4)11-9-14-30(24)26(22)32/h8-11,13-16,20H,5-7,12,17H2,1-4H3/b23-16+. The lowest BCUT2D eigenvalue weighted by Crippen LogP contribution is -2.33. The predicted molar refractivity (Wildman–Crippen MR) is 151 cm³/mol. The molecule has 1 fully saturated rings. The number of pyridine rings is 1. The maximum atomic E-state index is 13.6. The number of rotatable bonds is 9. The first-order chi connectivity index (χ1) is 17.3. The molecule has 0 N–H and O–H groups in total. The lowest BCUT2D eigenvalue weighted by molar-refractivity contribution is -0.122. The number of nitrogens with zero attached hydrogens (tertiary/aromatic N) is 3. The van der Waals surface area contributed by atoms with Gasteiger partial charge in [-0.1, -0.05) is 75.3 Å². The molecular formula is C28H31N3O3S2. The molecule has 1 atom stereocenters. The van der Waals surface area contributed by atoms with E-state index in [-0.39, 0.29) is 22.9 Å². The third kappa shape index (κ3) is 5.55. The van der Waals surface area contributed by atoms with E-state index in [2.05, 4.69) is 13.8 Å². The number of unbranched alkanes of at least 4 members (excludes halogenated alkanes) is 1. The van der Waals surface area contributed by atoms with Crippen molar-refractivity contribution in [3.05, 3.63) is 74.5 Å². The molecule has 0 aliphatic carbocycles. The molecule has 8 heteroatoms. The van der Waals surface area contributed by atoms with Crippen LogP contribution in [-0.4, -0.2) is 31.1 Å². The Bertz CT molecular complexity index is 1400. The Labute approximate surface area is 221 Å². The van der Waals surface area contributed by atoms with Gasteiger partial charge in [-0.05, 0) is 61.6 Å². The van der Waals surface area contributed by atoms with E-state index in [0.29, 0.717) is 33.1 Å². The molecule has 1 aliphatic rings. The maximum Gasteiger partial charge on any atom is 0.269 e. The zero-order valence-electron chi connectivity index (χ0n) is 21.1. The third-order valence-corrected chi connectivity index (χ3v) is 7.76. The fraction of sp³-hybridized carbons (Fsp3) is 0.357. The molecule has 1 amide bonds. The number of hydrogen-bond donors (Lipinski definition) is 0. The van der Waals surface area contributed by atoms with Crippen molar-refractivity contribution in [2.45, 2.75) is 53.4 Å². The predicted octanol–water partition coefficient (Wildman–Crippen LogP) is 6.52. The van der Waals surface area contributed by atoms with Crippen molar-refractivity contribution in [1.29, 1.82) is 0 Å². The van der Waals surface area contributed by atoms with Gasteiger partial charge in [-0.3, -0.25) is 18.9 Å². The summed E-state index contributed by atoms with van der Waals surface area (Å²) in [5.41, 5.74) is 2.30. The number of aromatic nitrogens is 2. The number of carbonyl (C=O) groups excluding carboxylic acids is 1. The SMILES string of the molecule is CCCCC(CC)CN1C(=O)/C(=C\c2c(Oc3cccc(C)c3)nc3c(C)cccn3c2=O)SC1=S. The van der Waals surface area contributed by atoms with Crippen LogP contribution in [0.5, 0.6) is 11.6 Å². The molecule has 1 aromatic carbocycles. The Balaban J connectivity index is 1.75. The lowest BCUT2D eigenvalue weighted by Gasteiger charge is -2.21. The number of benzene rings is 1. The van der Waals surface area contributed by atoms with Gasteiger partial charge in [0.1, 0.15) is 21.3 Å². The number of thiocarbonyl (C=S) groups is 1. The molecular weight excluding hydrogens is 490 g/mol. The van der Waals surface area contributed by atoms with E-state index in [0.717, 1.165) is 36.8 Å². The average molecular weight is 522 g/mol. The summed E-state index contributed by atoms with van der Waals surface area (Å²) in [6.45, 7) is 8.77. The van der Waals surface area contributed by atoms with Gasteiger partial charge in [0.05, 0.1) is 4.91 Å². The molecule has 1 aliphatic heterocycles. The van der Waals surface area contributed by atoms with Gasteiger partial charge in [-0.2, -0.15) is 4.98 Å². The molecule has 0 saturated carbocycles. The number of fused-ring (bicyclic) bond motifs is 1. The second-order valence-electron chi connectivity index (χ2n) is 9.15. The Hall–Kier alpha value is -2.97. The van der Waals surface area contributed by atoms with E-state index >= 15 is 0 Å². The molecule has 188 valence electrons. The van der Waals surface area contributed by atoms with Crippen molar-refractivity contribution in [3.63, 3.8) is 0 Å². The molecule has 6 nitrogen and oxygen atoms in total. The highest BCUT2D eigenvalue weighted by atomic mass is 32.2. The largest absolute Gasteiger partial charge is 0.438 e. The highest BCUT2D eigenvalue weighted by molar-refractivity contribution is 8.26. The van der Waals surface area contributed by atoms with E-state index in [1.807, 2.05) is 44.2 Å². The number of aryl methyl sites for hydroxylation is 2. The highest BCUT2D eigenvalue weighted by Crippen LogP contribution is 2.35. The van der Waals surface area contributed by atoms with Gasteiger partial charge in [-0.25, -0.2) is 0 Å². The summed E-state index contributed by atoms with van der Waals surface area (Å²) in [4.78, 5) is 33.7. The highest BCUT2D eigenvalue weighted by Gasteiger charge is 2.34. The lowest BCUT2D eigenvalue weighted by atomic mass is 9.99. The van der Waals surface area contributed by atoms with E-state index < -0.39 is 0 Å². The van der Waals surface area contributed by atoms with E-state index in [4.69, 9.17) is 21.9 Å². The normalized spacial score (nSPS) is 15.8. The minimum absolute atomic E-state index is 0.166. The van der Waals surface area contributed by atoms with Crippen molar-refractivity contribution in [2.24, 2.45) is 5.92 Å². The first kappa shape index (κ1) is 26.1. The number of hydrogen-bond acceptors (Lipinski definition) is 6. The Kier molecular flexibility index (Phi) is 8.26. The topological polar surface area (TPSA) is 63.9 Å². The van der Waals surface area contributed by atoms with E-state index in [9.17, 15) is 9.59 Å². The minimum Gasteiger partial charge on any atom is -0.438 e. The molecule has 3 heterocycles. The van der Waals surface area contributed by atoms with Crippen molar-refractivity contribution in [2.75, 3.05) is 6.54 Å². The quantitative estimate of drug-likeness (QED) is 0.236. The first-order valence-electron chi connectivity index (χ1n) is 12.3. The molecule has 0 radical (unpaired) electrons. The smallest absolute Gasteiger partial charge is 0.269 e. The summed E-state index contributed by atoms with van der Waals surface area (Å²) < 4.78 is 8.13. The Morgan fingerprint density at radius 2 is 1.97 bits per heavy atom. The number of amides is 1. The molecule has 36 heavy (non-hydrogen) atoms. The van der Waals surface area contributed by atoms with Crippen LogP contribution in [0.1, 0.15) is 56.2 Å². The maximum absolute atomic E-state index is 13.6. The van der Waals surface area contributed by atoms with Crippen molar-refractivity contribution in [1.82, 2.24) is 14.3 Å². The van der Waals surface area contributed by atoms with E-state index in [1.54, 1.807) is 23.2 Å². The third-order valence-electron chi connectivity index (χ3n) is 6.39. The van der Waals surface area contributed by atoms with Gasteiger partial charge in [0, 0.05) is 12.7 Å². The summed E-state index contributed by atoms with van der Waals surface area (Å²) in [6, 6.07) is 11.3. The second kappa shape index (κ2) is 11.4. The molecule has 1 saturated heterocycles. The zero-order valence-corrected chi connectivity index (χ0v) is 22.7. The zero-order chi connectivity index (χ0) is 25.8. The molecule has 2 aromatic heterocycles. The van der Waals surface area contributed by atoms with Crippen molar-refractivity contribution in [3.8, 4) is 11.6 Å². The monoisotopic (exact) mass is 521 g/mol. The summed E-state index contributed by atoms with van der Waals surface area (Å²) in [5, 5.41) is 0. The first-order valence-corrected chi connectivity index (χ1v) is 13.6. The van der Waals surface area contributed by atoms with Gasteiger partial charge in [0.25, 0.3) is 11.5 Å². The van der Waals surface area contributed by atoms with Crippen LogP contribution in [-0.2, 0) is 4.79 Å². The number of carbonyl (C=O) groups is 1. The van der Waals surface area contributed by atoms with Crippen molar-refractivity contribution >= 4 is 45.9 Å². The summed E-state index contributed by atoms with van der Waals surface area (Å²) >= 11 is 6.79. The van der Waals surface area contributed by atoms with Crippen molar-refractivity contribution < 1.29 is 9.53 Å². The van der Waals surface area contributed by atoms with Gasteiger partial charge in [0.15, 0.2) is 0 Å². The summed E-state index contributed by atoms with van der Waals surface area (Å²) in [6.07, 6.45) is 7.56. The summed E-state index contributed by atoms with van der Waals surface area (Å²) in [7, 11) is 0. The van der Waals surface area contributed by atoms with Crippen LogP contribution in [0.25, 0.3) is 11.7 Å². The minimum atomic E-state index is -0.300. The Morgan fingerprint density at radius 3 is 2.69 bits per heavy atom. The summed E-state index contributed by atoms with van der Waals surface area (Å²) in [5.74, 6) is 0.960. The van der Waals surface area contributed by atoms with E-state index in [1.165, 1.54) is 16.2 Å².